The number of hydrogen-bond donors (Lipinski definition) is 1. The van der Waals surface area contributed by atoms with Crippen LogP contribution in [0.15, 0.2) is 22.8 Å². The fourth-order valence-corrected chi connectivity index (χ4v) is 2.72. The molecule has 0 aliphatic carbocycles. The molecule has 0 saturated heterocycles. The molecule has 2 aromatic rings. The van der Waals surface area contributed by atoms with Crippen molar-refractivity contribution in [3.8, 4) is 0 Å². The standard InChI is InChI=1S/C18H24N2O5/c1-5-14-15(18(22)24-4)12(2)16(19-14)17(21)20(8-10-23-3)11-13-7-6-9-25-13/h6-7,9,19H,5,8,10-11H2,1-4H3. The van der Waals surface area contributed by atoms with Crippen molar-refractivity contribution in [1.29, 1.82) is 0 Å². The van der Waals surface area contributed by atoms with Crippen molar-refractivity contribution in [2.75, 3.05) is 27.4 Å². The number of H-pyrrole nitrogens is 1. The lowest BCUT2D eigenvalue weighted by Gasteiger charge is -2.21. The summed E-state index contributed by atoms with van der Waals surface area (Å²) in [7, 11) is 2.91. The van der Waals surface area contributed by atoms with E-state index in [-0.39, 0.29) is 5.91 Å². The van der Waals surface area contributed by atoms with Gasteiger partial charge in [-0.2, -0.15) is 0 Å². The lowest BCUT2D eigenvalue weighted by Crippen LogP contribution is -2.34. The van der Waals surface area contributed by atoms with Crippen LogP contribution in [0.1, 0.15) is 44.8 Å². The predicted octanol–water partition coefficient (Wildman–Crippen LogP) is 2.55. The third kappa shape index (κ3) is 4.11. The van der Waals surface area contributed by atoms with Crippen LogP contribution in [-0.2, 0) is 22.4 Å². The fourth-order valence-electron chi connectivity index (χ4n) is 2.72. The maximum atomic E-state index is 13.0. The van der Waals surface area contributed by atoms with Crippen molar-refractivity contribution >= 4 is 11.9 Å². The zero-order chi connectivity index (χ0) is 18.4. The van der Waals surface area contributed by atoms with E-state index in [9.17, 15) is 9.59 Å². The predicted molar refractivity (Wildman–Crippen MR) is 91.6 cm³/mol. The van der Waals surface area contributed by atoms with E-state index >= 15 is 0 Å². The van der Waals surface area contributed by atoms with E-state index in [0.29, 0.717) is 54.4 Å². The number of nitrogens with zero attached hydrogens (tertiary/aromatic N) is 1. The number of aromatic amines is 1. The van der Waals surface area contributed by atoms with Gasteiger partial charge in [-0.15, -0.1) is 0 Å². The maximum absolute atomic E-state index is 13.0. The highest BCUT2D eigenvalue weighted by atomic mass is 16.5. The van der Waals surface area contributed by atoms with Gasteiger partial charge in [0, 0.05) is 19.3 Å². The molecule has 136 valence electrons. The lowest BCUT2D eigenvalue weighted by molar-refractivity contribution is 0.0599. The van der Waals surface area contributed by atoms with Crippen molar-refractivity contribution in [2.45, 2.75) is 26.8 Å². The van der Waals surface area contributed by atoms with Crippen LogP contribution in [-0.4, -0.2) is 49.1 Å². The lowest BCUT2D eigenvalue weighted by atomic mass is 10.1. The summed E-state index contributed by atoms with van der Waals surface area (Å²) in [4.78, 5) is 29.8. The van der Waals surface area contributed by atoms with Crippen molar-refractivity contribution in [3.63, 3.8) is 0 Å². The number of ether oxygens (including phenoxy) is 2. The fraction of sp³-hybridized carbons (Fsp3) is 0.444. The van der Waals surface area contributed by atoms with E-state index in [4.69, 9.17) is 13.9 Å². The molecule has 7 nitrogen and oxygen atoms in total. The van der Waals surface area contributed by atoms with Crippen LogP contribution in [0, 0.1) is 6.92 Å². The van der Waals surface area contributed by atoms with E-state index in [1.54, 1.807) is 31.3 Å². The summed E-state index contributed by atoms with van der Waals surface area (Å²) < 4.78 is 15.3. The maximum Gasteiger partial charge on any atom is 0.339 e. The molecule has 0 saturated carbocycles. The molecular formula is C18H24N2O5. The molecule has 1 N–H and O–H groups in total. The first-order chi connectivity index (χ1) is 12.0. The van der Waals surface area contributed by atoms with Crippen LogP contribution >= 0.6 is 0 Å². The second-order valence-corrected chi connectivity index (χ2v) is 5.62. The number of rotatable bonds is 8. The zero-order valence-electron chi connectivity index (χ0n) is 15.0. The van der Waals surface area contributed by atoms with E-state index < -0.39 is 5.97 Å². The van der Waals surface area contributed by atoms with Gasteiger partial charge in [0.25, 0.3) is 5.91 Å². The summed E-state index contributed by atoms with van der Waals surface area (Å²) in [6.45, 7) is 4.79. The van der Waals surface area contributed by atoms with Gasteiger partial charge in [-0.3, -0.25) is 4.79 Å². The molecule has 7 heteroatoms. The number of hydrogen-bond acceptors (Lipinski definition) is 5. The molecular weight excluding hydrogens is 324 g/mol. The van der Waals surface area contributed by atoms with Gasteiger partial charge in [0.1, 0.15) is 11.5 Å². The zero-order valence-corrected chi connectivity index (χ0v) is 15.0. The second kappa shape index (κ2) is 8.53. The van der Waals surface area contributed by atoms with Crippen LogP contribution < -0.4 is 0 Å². The Hall–Kier alpha value is -2.54. The van der Waals surface area contributed by atoms with Crippen molar-refractivity contribution in [1.82, 2.24) is 9.88 Å². The molecule has 0 spiro atoms. The van der Waals surface area contributed by atoms with Crippen LogP contribution in [0.4, 0.5) is 0 Å². The van der Waals surface area contributed by atoms with E-state index in [2.05, 4.69) is 4.98 Å². The first kappa shape index (κ1) is 18.8. The van der Waals surface area contributed by atoms with E-state index in [1.807, 2.05) is 13.0 Å². The Labute approximate surface area is 146 Å². The molecule has 0 radical (unpaired) electrons. The van der Waals surface area contributed by atoms with Crippen molar-refractivity contribution in [3.05, 3.63) is 46.7 Å². The smallest absolute Gasteiger partial charge is 0.339 e. The summed E-state index contributed by atoms with van der Waals surface area (Å²) in [5.41, 5.74) is 2.10. The number of esters is 1. The van der Waals surface area contributed by atoms with Gasteiger partial charge in [-0.1, -0.05) is 6.92 Å². The summed E-state index contributed by atoms with van der Waals surface area (Å²) in [5, 5.41) is 0. The molecule has 0 atom stereocenters. The highest BCUT2D eigenvalue weighted by Crippen LogP contribution is 2.22. The largest absolute Gasteiger partial charge is 0.467 e. The SMILES string of the molecule is CCc1[nH]c(C(=O)N(CCOC)Cc2ccco2)c(C)c1C(=O)OC. The van der Waals surface area contributed by atoms with Gasteiger partial charge in [-0.05, 0) is 31.0 Å². The molecule has 1 amide bonds. The van der Waals surface area contributed by atoms with Crippen LogP contribution in [0.2, 0.25) is 0 Å². The molecule has 0 bridgehead atoms. The Bertz CT molecular complexity index is 718. The third-order valence-electron chi connectivity index (χ3n) is 4.06. The molecule has 2 aromatic heterocycles. The molecule has 0 unspecified atom stereocenters. The topological polar surface area (TPSA) is 84.8 Å². The van der Waals surface area contributed by atoms with Gasteiger partial charge in [0.15, 0.2) is 0 Å². The Balaban J connectivity index is 2.34. The number of carbonyl (C=O) groups excluding carboxylic acids is 2. The molecule has 2 rings (SSSR count). The normalized spacial score (nSPS) is 10.7. The van der Waals surface area contributed by atoms with Gasteiger partial charge in [0.2, 0.25) is 0 Å². The van der Waals surface area contributed by atoms with Gasteiger partial charge in [0.05, 0.1) is 32.1 Å². The Morgan fingerprint density at radius 3 is 2.64 bits per heavy atom. The van der Waals surface area contributed by atoms with Gasteiger partial charge in [-0.25, -0.2) is 4.79 Å². The third-order valence-corrected chi connectivity index (χ3v) is 4.06. The van der Waals surface area contributed by atoms with Gasteiger partial charge < -0.3 is 23.8 Å². The quantitative estimate of drug-likeness (QED) is 0.741. The van der Waals surface area contributed by atoms with Crippen LogP contribution in [0.5, 0.6) is 0 Å². The molecule has 0 fully saturated rings. The molecule has 2 heterocycles. The minimum atomic E-state index is -0.445. The monoisotopic (exact) mass is 348 g/mol. The number of aromatic nitrogens is 1. The average Bonchev–Trinajstić information content (AvgIpc) is 3.24. The van der Waals surface area contributed by atoms with Crippen molar-refractivity contribution < 1.29 is 23.5 Å². The number of aryl methyl sites for hydroxylation is 1. The summed E-state index contributed by atoms with van der Waals surface area (Å²) >= 11 is 0. The number of amides is 1. The molecule has 0 aliphatic heterocycles. The van der Waals surface area contributed by atoms with E-state index in [0.717, 1.165) is 0 Å². The van der Waals surface area contributed by atoms with Crippen LogP contribution in [0.25, 0.3) is 0 Å². The first-order valence-corrected chi connectivity index (χ1v) is 8.13. The Morgan fingerprint density at radius 1 is 1.32 bits per heavy atom. The Morgan fingerprint density at radius 2 is 2.08 bits per heavy atom. The Kier molecular flexibility index (Phi) is 6.41. The minimum Gasteiger partial charge on any atom is -0.467 e. The average molecular weight is 348 g/mol. The molecule has 25 heavy (non-hydrogen) atoms. The molecule has 0 aliphatic rings. The minimum absolute atomic E-state index is 0.212. The summed E-state index contributed by atoms with van der Waals surface area (Å²) in [5.74, 6) is 0.0208. The van der Waals surface area contributed by atoms with Gasteiger partial charge >= 0.3 is 5.97 Å². The number of furan rings is 1. The first-order valence-electron chi connectivity index (χ1n) is 8.13. The second-order valence-electron chi connectivity index (χ2n) is 5.62. The molecule has 0 aromatic carbocycles. The summed E-state index contributed by atoms with van der Waals surface area (Å²) in [6, 6.07) is 3.59. The number of carbonyl (C=O) groups is 2. The van der Waals surface area contributed by atoms with E-state index in [1.165, 1.54) is 7.11 Å². The highest BCUT2D eigenvalue weighted by Gasteiger charge is 2.27. The van der Waals surface area contributed by atoms with Crippen LogP contribution in [0.3, 0.4) is 0 Å². The van der Waals surface area contributed by atoms with Crippen molar-refractivity contribution in [2.24, 2.45) is 0 Å². The number of methoxy groups -OCH3 is 2. The number of nitrogens with one attached hydrogen (secondary N) is 1. The highest BCUT2D eigenvalue weighted by molar-refractivity contribution is 6.00. The summed E-state index contributed by atoms with van der Waals surface area (Å²) in [6.07, 6.45) is 2.16.